The van der Waals surface area contributed by atoms with Crippen LogP contribution in [0.15, 0.2) is 0 Å². The van der Waals surface area contributed by atoms with E-state index in [0.717, 1.165) is 19.3 Å². The summed E-state index contributed by atoms with van der Waals surface area (Å²) in [7, 11) is 0.315. The molecule has 1 N–H and O–H groups in total. The first kappa shape index (κ1) is 11.2. The zero-order valence-electron chi connectivity index (χ0n) is 9.26. The Morgan fingerprint density at radius 1 is 1.31 bits per heavy atom. The third-order valence-electron chi connectivity index (χ3n) is 3.45. The summed E-state index contributed by atoms with van der Waals surface area (Å²) >= 11 is 0. The van der Waals surface area contributed by atoms with Gasteiger partial charge in [-0.1, -0.05) is 32.5 Å². The van der Waals surface area contributed by atoms with Crippen molar-refractivity contribution in [1.29, 1.82) is 0 Å². The average molecular weight is 202 g/mol. The number of aliphatic hydroxyl groups excluding tert-OH is 1. The van der Waals surface area contributed by atoms with E-state index in [1.807, 2.05) is 0 Å². The smallest absolute Gasteiger partial charge is 0.0858 e. The lowest BCUT2D eigenvalue weighted by atomic mass is 9.94. The fourth-order valence-electron chi connectivity index (χ4n) is 2.54. The molecule has 1 fully saturated rings. The van der Waals surface area contributed by atoms with Gasteiger partial charge in [-0.05, 0) is 12.8 Å². The maximum atomic E-state index is 10.1. The minimum absolute atomic E-state index is 0.189. The third-order valence-corrected chi connectivity index (χ3v) is 6.77. The number of rotatable bonds is 2. The van der Waals surface area contributed by atoms with E-state index in [2.05, 4.69) is 19.6 Å². The van der Waals surface area contributed by atoms with Gasteiger partial charge in [0.25, 0.3) is 0 Å². The Balaban J connectivity index is 2.89. The van der Waals surface area contributed by atoms with Crippen molar-refractivity contribution in [2.24, 2.45) is 0 Å². The van der Waals surface area contributed by atoms with Crippen LogP contribution in [0.4, 0.5) is 0 Å². The molecule has 1 rings (SSSR count). The molecule has 0 bridgehead atoms. The second-order valence-corrected chi connectivity index (χ2v) is 10.5. The highest BCUT2D eigenvalue weighted by molar-refractivity contribution is 6.79. The van der Waals surface area contributed by atoms with Gasteiger partial charge in [-0.25, -0.2) is 0 Å². The Bertz CT molecular complexity index is 176. The number of hydrogen-bond donors (Lipinski definition) is 1. The summed E-state index contributed by atoms with van der Waals surface area (Å²) in [6, 6.07) is 0. The first-order valence-electron chi connectivity index (χ1n) is 5.17. The molecule has 0 aromatic carbocycles. The highest BCUT2D eigenvalue weighted by Crippen LogP contribution is 2.38. The van der Waals surface area contributed by atoms with Crippen LogP contribution >= 0.6 is 0 Å². The molecule has 0 aromatic rings. The van der Waals surface area contributed by atoms with Crippen LogP contribution in [-0.4, -0.2) is 31.6 Å². The summed E-state index contributed by atoms with van der Waals surface area (Å²) in [6.07, 6.45) is 4.07. The van der Waals surface area contributed by atoms with Gasteiger partial charge in [0, 0.05) is 7.11 Å². The van der Waals surface area contributed by atoms with Gasteiger partial charge < -0.3 is 9.84 Å². The standard InChI is InChI=1S/C10H22O2Si/c1-12-10(13(2,3)4)8-6-5-7-9(10)11/h9,11H,5-8H2,1-4H3/t9-,10-/m0/s1. The summed E-state index contributed by atoms with van der Waals surface area (Å²) < 4.78 is 5.67. The highest BCUT2D eigenvalue weighted by Gasteiger charge is 2.50. The Morgan fingerprint density at radius 2 is 1.92 bits per heavy atom. The molecule has 0 saturated heterocycles. The van der Waals surface area contributed by atoms with Crippen molar-refractivity contribution in [3.8, 4) is 0 Å². The van der Waals surface area contributed by atoms with Gasteiger partial charge in [0.05, 0.1) is 19.4 Å². The van der Waals surface area contributed by atoms with E-state index in [4.69, 9.17) is 4.74 Å². The van der Waals surface area contributed by atoms with Crippen molar-refractivity contribution >= 4 is 8.07 Å². The molecule has 0 unspecified atom stereocenters. The van der Waals surface area contributed by atoms with Crippen molar-refractivity contribution in [2.75, 3.05) is 7.11 Å². The van der Waals surface area contributed by atoms with Gasteiger partial charge in [0.1, 0.15) is 0 Å². The lowest BCUT2D eigenvalue weighted by molar-refractivity contribution is -0.0753. The fourth-order valence-corrected chi connectivity index (χ4v) is 5.23. The average Bonchev–Trinajstić information content (AvgIpc) is 2.03. The summed E-state index contributed by atoms with van der Waals surface area (Å²) in [5.41, 5.74) is 0. The van der Waals surface area contributed by atoms with Gasteiger partial charge >= 0.3 is 0 Å². The molecule has 1 saturated carbocycles. The van der Waals surface area contributed by atoms with E-state index in [1.54, 1.807) is 7.11 Å². The molecule has 3 heteroatoms. The molecular formula is C10H22O2Si. The number of aliphatic hydroxyl groups is 1. The number of ether oxygens (including phenoxy) is 1. The van der Waals surface area contributed by atoms with E-state index in [1.165, 1.54) is 6.42 Å². The molecule has 0 heterocycles. The summed E-state index contributed by atoms with van der Waals surface area (Å²) in [6.45, 7) is 6.85. The van der Waals surface area contributed by atoms with Crippen LogP contribution in [0.1, 0.15) is 25.7 Å². The van der Waals surface area contributed by atoms with Crippen molar-refractivity contribution in [1.82, 2.24) is 0 Å². The lowest BCUT2D eigenvalue weighted by Crippen LogP contribution is -2.62. The van der Waals surface area contributed by atoms with Gasteiger partial charge in [-0.15, -0.1) is 0 Å². The Labute approximate surface area is 82.3 Å². The zero-order valence-corrected chi connectivity index (χ0v) is 10.3. The molecule has 0 aliphatic heterocycles. The number of methoxy groups -OCH3 is 1. The van der Waals surface area contributed by atoms with Crippen molar-refractivity contribution in [3.63, 3.8) is 0 Å². The summed E-state index contributed by atoms with van der Waals surface area (Å²) in [5, 5.41) is 9.88. The predicted octanol–water partition coefficient (Wildman–Crippen LogP) is 2.18. The fraction of sp³-hybridized carbons (Fsp3) is 1.00. The SMILES string of the molecule is CO[C@]1([Si](C)(C)C)CCCC[C@@H]1O. The van der Waals surface area contributed by atoms with Crippen LogP contribution in [0.25, 0.3) is 0 Å². The van der Waals surface area contributed by atoms with Crippen molar-refractivity contribution in [3.05, 3.63) is 0 Å². The predicted molar refractivity (Wildman–Crippen MR) is 57.6 cm³/mol. The monoisotopic (exact) mass is 202 g/mol. The first-order chi connectivity index (χ1) is 5.94. The van der Waals surface area contributed by atoms with Crippen molar-refractivity contribution in [2.45, 2.75) is 56.7 Å². The maximum Gasteiger partial charge on any atom is 0.0858 e. The van der Waals surface area contributed by atoms with Gasteiger partial charge in [-0.2, -0.15) is 0 Å². The van der Waals surface area contributed by atoms with Crippen LogP contribution in [0.3, 0.4) is 0 Å². The number of hydrogen-bond acceptors (Lipinski definition) is 2. The topological polar surface area (TPSA) is 29.5 Å². The first-order valence-corrected chi connectivity index (χ1v) is 8.67. The second-order valence-electron chi connectivity index (χ2n) is 5.11. The molecule has 78 valence electrons. The highest BCUT2D eigenvalue weighted by atomic mass is 28.3. The van der Waals surface area contributed by atoms with Crippen molar-refractivity contribution < 1.29 is 9.84 Å². The quantitative estimate of drug-likeness (QED) is 0.696. The molecule has 2 atom stereocenters. The minimum Gasteiger partial charge on any atom is -0.390 e. The lowest BCUT2D eigenvalue weighted by Gasteiger charge is -2.48. The maximum absolute atomic E-state index is 10.1. The molecule has 1 aliphatic rings. The van der Waals surface area contributed by atoms with Crippen LogP contribution in [0.2, 0.25) is 19.6 Å². The summed E-state index contributed by atoms with van der Waals surface area (Å²) in [5.74, 6) is 0. The van der Waals surface area contributed by atoms with Crippen LogP contribution in [0, 0.1) is 0 Å². The van der Waals surface area contributed by atoms with E-state index < -0.39 is 8.07 Å². The van der Waals surface area contributed by atoms with Gasteiger partial charge in [0.15, 0.2) is 0 Å². The zero-order chi connectivity index (χ0) is 10.1. The van der Waals surface area contributed by atoms with Gasteiger partial charge in [-0.3, -0.25) is 0 Å². The Morgan fingerprint density at radius 3 is 2.23 bits per heavy atom. The molecular weight excluding hydrogens is 180 g/mol. The third kappa shape index (κ3) is 1.83. The second kappa shape index (κ2) is 3.71. The van der Waals surface area contributed by atoms with Gasteiger partial charge in [0.2, 0.25) is 0 Å². The van der Waals surface area contributed by atoms with Crippen LogP contribution in [-0.2, 0) is 4.74 Å². The van der Waals surface area contributed by atoms with E-state index in [-0.39, 0.29) is 11.3 Å². The van der Waals surface area contributed by atoms with E-state index in [0.29, 0.717) is 0 Å². The molecule has 0 amide bonds. The van der Waals surface area contributed by atoms with E-state index >= 15 is 0 Å². The Hall–Kier alpha value is 0.137. The molecule has 0 radical (unpaired) electrons. The van der Waals surface area contributed by atoms with Crippen LogP contribution in [0.5, 0.6) is 0 Å². The Kier molecular flexibility index (Phi) is 3.20. The van der Waals surface area contributed by atoms with E-state index in [9.17, 15) is 5.11 Å². The molecule has 2 nitrogen and oxygen atoms in total. The van der Waals surface area contributed by atoms with Crippen LogP contribution < -0.4 is 0 Å². The largest absolute Gasteiger partial charge is 0.390 e. The molecule has 13 heavy (non-hydrogen) atoms. The molecule has 0 spiro atoms. The minimum atomic E-state index is -1.44. The molecule has 0 aromatic heterocycles. The molecule has 1 aliphatic carbocycles. The summed E-state index contributed by atoms with van der Waals surface area (Å²) in [4.78, 5) is 0. The normalized spacial score (nSPS) is 36.2.